The monoisotopic (exact) mass is 284 g/mol. The molecule has 106 valence electrons. The van der Waals surface area contributed by atoms with Crippen LogP contribution in [0.3, 0.4) is 0 Å². The third-order valence-electron chi connectivity index (χ3n) is 2.38. The van der Waals surface area contributed by atoms with E-state index in [4.69, 9.17) is 5.73 Å². The minimum absolute atomic E-state index is 0.0717. The maximum atomic E-state index is 12.0. The first-order valence-corrected chi connectivity index (χ1v) is 5.56. The number of hydrogen-bond acceptors (Lipinski definition) is 5. The quantitative estimate of drug-likeness (QED) is 0.906. The predicted molar refractivity (Wildman–Crippen MR) is 68.1 cm³/mol. The Bertz CT molecular complexity index is 599. The minimum Gasteiger partial charge on any atom is -0.406 e. The Morgan fingerprint density at radius 1 is 1.15 bits per heavy atom. The molecule has 0 amide bonds. The summed E-state index contributed by atoms with van der Waals surface area (Å²) in [5.74, 6) is 0.294. The Morgan fingerprint density at radius 2 is 1.80 bits per heavy atom. The first-order chi connectivity index (χ1) is 9.37. The molecule has 2 rings (SSSR count). The molecule has 0 saturated carbocycles. The molecule has 0 spiro atoms. The highest BCUT2D eigenvalue weighted by molar-refractivity contribution is 5.64. The number of alkyl halides is 3. The highest BCUT2D eigenvalue weighted by Crippen LogP contribution is 2.26. The van der Waals surface area contributed by atoms with Gasteiger partial charge in [-0.2, -0.15) is 4.98 Å². The zero-order valence-electron chi connectivity index (χ0n) is 10.4. The van der Waals surface area contributed by atoms with E-state index in [9.17, 15) is 13.2 Å². The molecule has 3 N–H and O–H groups in total. The maximum absolute atomic E-state index is 12.0. The van der Waals surface area contributed by atoms with Gasteiger partial charge in [-0.1, -0.05) is 0 Å². The van der Waals surface area contributed by atoms with Crippen LogP contribution in [0, 0.1) is 0 Å². The Morgan fingerprint density at radius 3 is 2.35 bits per heavy atom. The van der Waals surface area contributed by atoms with Crippen molar-refractivity contribution in [1.82, 2.24) is 9.97 Å². The number of nitrogens with zero attached hydrogens (tertiary/aromatic N) is 2. The Balaban J connectivity index is 2.28. The number of ether oxygens (including phenoxy) is 1. The van der Waals surface area contributed by atoms with Crippen LogP contribution in [0.15, 0.2) is 30.3 Å². The van der Waals surface area contributed by atoms with Crippen molar-refractivity contribution in [3.05, 3.63) is 30.3 Å². The number of nitrogens with two attached hydrogens (primary N) is 1. The molecule has 0 unspecified atom stereocenters. The second-order valence-corrected chi connectivity index (χ2v) is 3.82. The van der Waals surface area contributed by atoms with Gasteiger partial charge in [0.2, 0.25) is 5.95 Å². The maximum Gasteiger partial charge on any atom is 0.573 e. The van der Waals surface area contributed by atoms with Gasteiger partial charge in [0.25, 0.3) is 0 Å². The molecule has 0 bridgehead atoms. The van der Waals surface area contributed by atoms with Crippen LogP contribution in [-0.2, 0) is 0 Å². The van der Waals surface area contributed by atoms with Crippen molar-refractivity contribution in [3.63, 3.8) is 0 Å². The summed E-state index contributed by atoms with van der Waals surface area (Å²) in [6, 6.07) is 6.97. The highest BCUT2D eigenvalue weighted by Gasteiger charge is 2.30. The topological polar surface area (TPSA) is 73.1 Å². The lowest BCUT2D eigenvalue weighted by atomic mass is 10.1. The lowest BCUT2D eigenvalue weighted by molar-refractivity contribution is -0.274. The highest BCUT2D eigenvalue weighted by atomic mass is 19.4. The molecule has 0 aliphatic carbocycles. The van der Waals surface area contributed by atoms with Crippen molar-refractivity contribution in [3.8, 4) is 17.0 Å². The Kier molecular flexibility index (Phi) is 3.64. The Hall–Kier alpha value is -2.51. The van der Waals surface area contributed by atoms with Crippen LogP contribution in [-0.4, -0.2) is 23.4 Å². The van der Waals surface area contributed by atoms with E-state index >= 15 is 0 Å². The summed E-state index contributed by atoms with van der Waals surface area (Å²) in [7, 11) is 1.67. The fraction of sp³-hybridized carbons (Fsp3) is 0.167. The van der Waals surface area contributed by atoms with Crippen LogP contribution < -0.4 is 15.8 Å². The van der Waals surface area contributed by atoms with Gasteiger partial charge in [-0.25, -0.2) is 4.98 Å². The van der Waals surface area contributed by atoms with Gasteiger partial charge in [0.1, 0.15) is 11.6 Å². The van der Waals surface area contributed by atoms with Crippen LogP contribution >= 0.6 is 0 Å². The lowest BCUT2D eigenvalue weighted by Gasteiger charge is -2.09. The molecule has 0 saturated heterocycles. The number of benzene rings is 1. The van der Waals surface area contributed by atoms with Gasteiger partial charge < -0.3 is 15.8 Å². The normalized spacial score (nSPS) is 11.2. The molecule has 1 aromatic carbocycles. The molecule has 2 aromatic rings. The summed E-state index contributed by atoms with van der Waals surface area (Å²) in [6.45, 7) is 0. The van der Waals surface area contributed by atoms with E-state index in [-0.39, 0.29) is 11.7 Å². The van der Waals surface area contributed by atoms with Gasteiger partial charge in [-0.15, -0.1) is 13.2 Å². The first kappa shape index (κ1) is 13.9. The van der Waals surface area contributed by atoms with Gasteiger partial charge in [-0.05, 0) is 24.3 Å². The number of nitrogen functional groups attached to an aromatic ring is 1. The number of halogens is 3. The molecule has 8 heteroatoms. The fourth-order valence-electron chi connectivity index (χ4n) is 1.57. The predicted octanol–water partition coefficient (Wildman–Crippen LogP) is 2.67. The fourth-order valence-corrected chi connectivity index (χ4v) is 1.57. The second kappa shape index (κ2) is 5.24. The standard InChI is InChI=1S/C12H11F3N4O/c1-17-10-6-9(18-11(16)19-10)7-2-4-8(5-3-7)20-12(13,14)15/h2-6H,1H3,(H3,16,17,18,19). The second-order valence-electron chi connectivity index (χ2n) is 3.82. The summed E-state index contributed by atoms with van der Waals surface area (Å²) in [4.78, 5) is 7.95. The van der Waals surface area contributed by atoms with Crippen molar-refractivity contribution in [2.45, 2.75) is 6.36 Å². The molecular formula is C12H11F3N4O. The van der Waals surface area contributed by atoms with E-state index in [0.29, 0.717) is 17.1 Å². The number of anilines is 2. The van der Waals surface area contributed by atoms with E-state index in [1.807, 2.05) is 0 Å². The lowest BCUT2D eigenvalue weighted by Crippen LogP contribution is -2.16. The number of rotatable bonds is 3. The average Bonchev–Trinajstić information content (AvgIpc) is 2.37. The summed E-state index contributed by atoms with van der Waals surface area (Å²) in [5.41, 5.74) is 6.65. The summed E-state index contributed by atoms with van der Waals surface area (Å²) in [6.07, 6.45) is -4.71. The molecule has 0 atom stereocenters. The molecule has 1 aromatic heterocycles. The number of hydrogen-bond donors (Lipinski definition) is 2. The van der Waals surface area contributed by atoms with Crippen molar-refractivity contribution >= 4 is 11.8 Å². The van der Waals surface area contributed by atoms with Crippen LogP contribution in [0.25, 0.3) is 11.3 Å². The van der Waals surface area contributed by atoms with Crippen molar-refractivity contribution in [1.29, 1.82) is 0 Å². The molecule has 0 aliphatic heterocycles. The Labute approximate surface area is 112 Å². The molecular weight excluding hydrogens is 273 g/mol. The molecule has 20 heavy (non-hydrogen) atoms. The zero-order valence-corrected chi connectivity index (χ0v) is 10.4. The molecule has 0 aliphatic rings. The molecule has 0 fully saturated rings. The van der Waals surface area contributed by atoms with E-state index < -0.39 is 6.36 Å². The van der Waals surface area contributed by atoms with E-state index in [1.165, 1.54) is 24.3 Å². The van der Waals surface area contributed by atoms with Gasteiger partial charge in [0.05, 0.1) is 5.69 Å². The van der Waals surface area contributed by atoms with Crippen LogP contribution in [0.2, 0.25) is 0 Å². The van der Waals surface area contributed by atoms with E-state index in [2.05, 4.69) is 20.0 Å². The number of aromatic nitrogens is 2. The average molecular weight is 284 g/mol. The summed E-state index contributed by atoms with van der Waals surface area (Å²) in [5, 5.41) is 2.82. The van der Waals surface area contributed by atoms with Gasteiger partial charge in [0, 0.05) is 18.7 Å². The summed E-state index contributed by atoms with van der Waals surface area (Å²) >= 11 is 0. The van der Waals surface area contributed by atoms with E-state index in [1.54, 1.807) is 13.1 Å². The van der Waals surface area contributed by atoms with Gasteiger partial charge in [0.15, 0.2) is 0 Å². The van der Waals surface area contributed by atoms with E-state index in [0.717, 1.165) is 0 Å². The molecule has 1 heterocycles. The molecule has 5 nitrogen and oxygen atoms in total. The smallest absolute Gasteiger partial charge is 0.406 e. The van der Waals surface area contributed by atoms with Gasteiger partial charge >= 0.3 is 6.36 Å². The van der Waals surface area contributed by atoms with Crippen LogP contribution in [0.1, 0.15) is 0 Å². The van der Waals surface area contributed by atoms with Crippen LogP contribution in [0.4, 0.5) is 24.9 Å². The number of nitrogens with one attached hydrogen (secondary N) is 1. The van der Waals surface area contributed by atoms with Gasteiger partial charge in [-0.3, -0.25) is 0 Å². The largest absolute Gasteiger partial charge is 0.573 e. The van der Waals surface area contributed by atoms with Crippen molar-refractivity contribution in [2.75, 3.05) is 18.1 Å². The third-order valence-corrected chi connectivity index (χ3v) is 2.38. The van der Waals surface area contributed by atoms with Crippen molar-refractivity contribution < 1.29 is 17.9 Å². The minimum atomic E-state index is -4.71. The molecule has 0 radical (unpaired) electrons. The SMILES string of the molecule is CNc1cc(-c2ccc(OC(F)(F)F)cc2)nc(N)n1. The van der Waals surface area contributed by atoms with Crippen LogP contribution in [0.5, 0.6) is 5.75 Å². The zero-order chi connectivity index (χ0) is 14.8. The summed E-state index contributed by atoms with van der Waals surface area (Å²) < 4.78 is 39.9. The third kappa shape index (κ3) is 3.50. The first-order valence-electron chi connectivity index (χ1n) is 5.56. The van der Waals surface area contributed by atoms with Crippen molar-refractivity contribution in [2.24, 2.45) is 0 Å².